The van der Waals surface area contributed by atoms with Gasteiger partial charge >= 0.3 is 0 Å². The molecular weight excluding hydrogens is 282 g/mol. The van der Waals surface area contributed by atoms with E-state index in [1.807, 2.05) is 23.1 Å². The van der Waals surface area contributed by atoms with E-state index in [-0.39, 0.29) is 0 Å². The van der Waals surface area contributed by atoms with Crippen LogP contribution in [-0.2, 0) is 6.42 Å². The fourth-order valence-electron chi connectivity index (χ4n) is 2.37. The van der Waals surface area contributed by atoms with Gasteiger partial charge in [0.15, 0.2) is 0 Å². The molecule has 0 amide bonds. The van der Waals surface area contributed by atoms with Crippen molar-refractivity contribution in [2.75, 3.05) is 19.6 Å². The predicted molar refractivity (Wildman–Crippen MR) is 89.5 cm³/mol. The van der Waals surface area contributed by atoms with E-state index in [2.05, 4.69) is 58.8 Å². The third kappa shape index (κ3) is 3.98. The van der Waals surface area contributed by atoms with Crippen LogP contribution >= 0.6 is 23.1 Å². The molecule has 20 heavy (non-hydrogen) atoms. The van der Waals surface area contributed by atoms with Gasteiger partial charge < -0.3 is 0 Å². The summed E-state index contributed by atoms with van der Waals surface area (Å²) in [6.07, 6.45) is 4.75. The zero-order valence-corrected chi connectivity index (χ0v) is 13.1. The first kappa shape index (κ1) is 13.9. The summed E-state index contributed by atoms with van der Waals surface area (Å²) < 4.78 is 1.41. The van der Waals surface area contributed by atoms with Gasteiger partial charge in [0.25, 0.3) is 0 Å². The Morgan fingerprint density at radius 3 is 2.70 bits per heavy atom. The van der Waals surface area contributed by atoms with Crippen LogP contribution in [0.25, 0.3) is 0 Å². The summed E-state index contributed by atoms with van der Waals surface area (Å²) in [4.78, 5) is 4.08. The van der Waals surface area contributed by atoms with Crippen molar-refractivity contribution in [1.29, 1.82) is 0 Å². The molecule has 0 N–H and O–H groups in total. The van der Waals surface area contributed by atoms with Crippen LogP contribution in [0.3, 0.4) is 0 Å². The third-order valence-corrected chi connectivity index (χ3v) is 5.71. The SMILES string of the molecule is C1=C(Sc2cccs2)CCN(CCc2ccccc2)C1. The molecule has 1 nitrogen and oxygen atoms in total. The van der Waals surface area contributed by atoms with Crippen LogP contribution in [0.2, 0.25) is 0 Å². The highest BCUT2D eigenvalue weighted by Crippen LogP contribution is 2.33. The molecular formula is C17H19NS2. The average molecular weight is 301 g/mol. The summed E-state index contributed by atoms with van der Waals surface area (Å²) in [6.45, 7) is 3.45. The van der Waals surface area contributed by atoms with Crippen molar-refractivity contribution >= 4 is 23.1 Å². The molecule has 1 aromatic carbocycles. The Morgan fingerprint density at radius 1 is 1.10 bits per heavy atom. The van der Waals surface area contributed by atoms with Gasteiger partial charge in [-0.3, -0.25) is 4.90 Å². The first-order valence-electron chi connectivity index (χ1n) is 7.07. The van der Waals surface area contributed by atoms with E-state index in [0.717, 1.165) is 19.5 Å². The molecule has 0 aliphatic carbocycles. The fourth-order valence-corrected chi connectivity index (χ4v) is 4.26. The van der Waals surface area contributed by atoms with Crippen molar-refractivity contribution < 1.29 is 0 Å². The van der Waals surface area contributed by atoms with Crippen LogP contribution in [0.15, 0.2) is 63.0 Å². The Labute approximate surface area is 129 Å². The number of rotatable bonds is 5. The highest BCUT2D eigenvalue weighted by atomic mass is 32.2. The second kappa shape index (κ2) is 7.11. The smallest absolute Gasteiger partial charge is 0.0642 e. The van der Waals surface area contributed by atoms with E-state index in [1.54, 1.807) is 0 Å². The number of nitrogens with zero attached hydrogens (tertiary/aromatic N) is 1. The number of benzene rings is 1. The Kier molecular flexibility index (Phi) is 4.96. The first-order chi connectivity index (χ1) is 9.90. The first-order valence-corrected chi connectivity index (χ1v) is 8.76. The molecule has 104 valence electrons. The van der Waals surface area contributed by atoms with Crippen LogP contribution in [0, 0.1) is 0 Å². The number of thiophene rings is 1. The molecule has 0 radical (unpaired) electrons. The molecule has 0 saturated carbocycles. The van der Waals surface area contributed by atoms with E-state index in [0.29, 0.717) is 0 Å². The van der Waals surface area contributed by atoms with Crippen LogP contribution in [0.4, 0.5) is 0 Å². The number of hydrogen-bond acceptors (Lipinski definition) is 3. The topological polar surface area (TPSA) is 3.24 Å². The molecule has 1 aromatic heterocycles. The van der Waals surface area contributed by atoms with Gasteiger partial charge in [-0.1, -0.05) is 54.2 Å². The van der Waals surface area contributed by atoms with Gasteiger partial charge in [0.05, 0.1) is 4.21 Å². The second-order valence-electron chi connectivity index (χ2n) is 4.99. The van der Waals surface area contributed by atoms with Gasteiger partial charge in [0, 0.05) is 19.6 Å². The molecule has 0 bridgehead atoms. The summed E-state index contributed by atoms with van der Waals surface area (Å²) in [5.41, 5.74) is 1.44. The van der Waals surface area contributed by atoms with E-state index < -0.39 is 0 Å². The van der Waals surface area contributed by atoms with Crippen molar-refractivity contribution in [3.63, 3.8) is 0 Å². The van der Waals surface area contributed by atoms with Gasteiger partial charge in [-0.2, -0.15) is 0 Å². The van der Waals surface area contributed by atoms with E-state index in [4.69, 9.17) is 0 Å². The lowest BCUT2D eigenvalue weighted by molar-refractivity contribution is 0.301. The number of hydrogen-bond donors (Lipinski definition) is 0. The molecule has 0 saturated heterocycles. The predicted octanol–water partition coefficient (Wildman–Crippen LogP) is 4.67. The maximum atomic E-state index is 2.55. The largest absolute Gasteiger partial charge is 0.299 e. The number of thioether (sulfide) groups is 1. The van der Waals surface area contributed by atoms with Gasteiger partial charge in [-0.05, 0) is 34.8 Å². The van der Waals surface area contributed by atoms with Crippen molar-refractivity contribution in [1.82, 2.24) is 4.90 Å². The van der Waals surface area contributed by atoms with Gasteiger partial charge in [0.1, 0.15) is 0 Å². The molecule has 2 aromatic rings. The minimum Gasteiger partial charge on any atom is -0.299 e. The van der Waals surface area contributed by atoms with Crippen molar-refractivity contribution in [2.45, 2.75) is 17.1 Å². The molecule has 0 atom stereocenters. The van der Waals surface area contributed by atoms with Crippen molar-refractivity contribution in [3.05, 3.63) is 64.4 Å². The van der Waals surface area contributed by atoms with E-state index >= 15 is 0 Å². The lowest BCUT2D eigenvalue weighted by Gasteiger charge is -2.25. The molecule has 1 aliphatic heterocycles. The Hall–Kier alpha value is -1.03. The van der Waals surface area contributed by atoms with Crippen LogP contribution < -0.4 is 0 Å². The average Bonchev–Trinajstić information content (AvgIpc) is 3.01. The third-order valence-electron chi connectivity index (χ3n) is 3.54. The summed E-state index contributed by atoms with van der Waals surface area (Å²) in [5.74, 6) is 0. The van der Waals surface area contributed by atoms with Gasteiger partial charge in [-0.15, -0.1) is 11.3 Å². The van der Waals surface area contributed by atoms with Crippen molar-refractivity contribution in [3.8, 4) is 0 Å². The highest BCUT2D eigenvalue weighted by molar-refractivity contribution is 8.04. The van der Waals surface area contributed by atoms with E-state index in [1.165, 1.54) is 27.6 Å². The summed E-state index contributed by atoms with van der Waals surface area (Å²) in [7, 11) is 0. The van der Waals surface area contributed by atoms with Crippen molar-refractivity contribution in [2.24, 2.45) is 0 Å². The molecule has 0 fully saturated rings. The van der Waals surface area contributed by atoms with Crippen LogP contribution in [0.5, 0.6) is 0 Å². The second-order valence-corrected chi connectivity index (χ2v) is 7.37. The zero-order valence-electron chi connectivity index (χ0n) is 11.5. The minimum atomic E-state index is 1.10. The lowest BCUT2D eigenvalue weighted by atomic mass is 10.1. The quantitative estimate of drug-likeness (QED) is 0.789. The van der Waals surface area contributed by atoms with Gasteiger partial charge in [-0.25, -0.2) is 0 Å². The molecule has 0 spiro atoms. The summed E-state index contributed by atoms with van der Waals surface area (Å²) >= 11 is 3.77. The summed E-state index contributed by atoms with van der Waals surface area (Å²) in [5, 5.41) is 2.15. The molecule has 2 heterocycles. The maximum absolute atomic E-state index is 2.55. The molecule has 0 unspecified atom stereocenters. The normalized spacial score (nSPS) is 16.1. The minimum absolute atomic E-state index is 1.10. The monoisotopic (exact) mass is 301 g/mol. The zero-order chi connectivity index (χ0) is 13.6. The van der Waals surface area contributed by atoms with Crippen LogP contribution in [0.1, 0.15) is 12.0 Å². The lowest BCUT2D eigenvalue weighted by Crippen LogP contribution is -2.30. The van der Waals surface area contributed by atoms with E-state index in [9.17, 15) is 0 Å². The fraction of sp³-hybridized carbons (Fsp3) is 0.294. The Bertz CT molecular complexity index is 546. The van der Waals surface area contributed by atoms with Gasteiger partial charge in [0.2, 0.25) is 0 Å². The summed E-state index contributed by atoms with van der Waals surface area (Å²) in [6, 6.07) is 15.1. The Balaban J connectivity index is 1.47. The highest BCUT2D eigenvalue weighted by Gasteiger charge is 2.12. The standard InChI is InChI=1S/C17H19NS2/c1-2-5-15(6-3-1)8-11-18-12-9-16(10-13-18)20-17-7-4-14-19-17/h1-7,9,14H,8,10-13H2. The molecule has 3 rings (SSSR count). The Morgan fingerprint density at radius 2 is 2.00 bits per heavy atom. The van der Waals surface area contributed by atoms with Crippen LogP contribution in [-0.4, -0.2) is 24.5 Å². The molecule has 3 heteroatoms. The molecule has 1 aliphatic rings. The maximum Gasteiger partial charge on any atom is 0.0642 e.